The first-order chi connectivity index (χ1) is 16.2. The van der Waals surface area contributed by atoms with Crippen LogP contribution in [0, 0.1) is 0 Å². The lowest BCUT2D eigenvalue weighted by Gasteiger charge is -2.23. The van der Waals surface area contributed by atoms with E-state index in [0.29, 0.717) is 6.04 Å². The second-order valence-electron chi connectivity index (χ2n) is 9.29. The van der Waals surface area contributed by atoms with Crippen LogP contribution in [-0.2, 0) is 17.6 Å². The monoisotopic (exact) mass is 436 g/mol. The van der Waals surface area contributed by atoms with Gasteiger partial charge in [0.1, 0.15) is 0 Å². The fourth-order valence-electron chi connectivity index (χ4n) is 4.95. The van der Waals surface area contributed by atoms with Crippen molar-refractivity contribution < 1.29 is 4.79 Å². The number of aryl methyl sites for hydroxylation is 2. The SMILES string of the molecule is O=C(Nc1ccc(CCC2CCCCN2)cc1)C1=Cc2cc(-c3ccccc3)ccc2CC1. The highest BCUT2D eigenvalue weighted by Crippen LogP contribution is 2.29. The first-order valence-electron chi connectivity index (χ1n) is 12.3. The van der Waals surface area contributed by atoms with Crippen molar-refractivity contribution in [3.05, 3.63) is 95.1 Å². The van der Waals surface area contributed by atoms with Gasteiger partial charge in [-0.1, -0.05) is 61.0 Å². The molecule has 1 amide bonds. The number of piperidine rings is 1. The lowest BCUT2D eigenvalue weighted by Crippen LogP contribution is -2.34. The molecule has 33 heavy (non-hydrogen) atoms. The largest absolute Gasteiger partial charge is 0.322 e. The molecule has 0 saturated carbocycles. The van der Waals surface area contributed by atoms with Crippen molar-refractivity contribution in [1.82, 2.24) is 5.32 Å². The molecule has 1 fully saturated rings. The van der Waals surface area contributed by atoms with Crippen LogP contribution >= 0.6 is 0 Å². The summed E-state index contributed by atoms with van der Waals surface area (Å²) in [5.74, 6) is 0.00456. The maximum absolute atomic E-state index is 13.0. The molecule has 168 valence electrons. The van der Waals surface area contributed by atoms with Crippen LogP contribution in [-0.4, -0.2) is 18.5 Å². The number of hydrogen-bond acceptors (Lipinski definition) is 2. The van der Waals surface area contributed by atoms with Gasteiger partial charge in [0.2, 0.25) is 0 Å². The molecule has 3 aromatic rings. The van der Waals surface area contributed by atoms with Crippen LogP contribution < -0.4 is 10.6 Å². The van der Waals surface area contributed by atoms with Gasteiger partial charge in [-0.3, -0.25) is 4.79 Å². The lowest BCUT2D eigenvalue weighted by molar-refractivity contribution is -0.112. The average molecular weight is 437 g/mol. The fourth-order valence-corrected chi connectivity index (χ4v) is 4.95. The van der Waals surface area contributed by atoms with Crippen LogP contribution in [0.15, 0.2) is 78.4 Å². The second kappa shape index (κ2) is 10.2. The molecule has 0 bridgehead atoms. The van der Waals surface area contributed by atoms with Crippen LogP contribution in [0.1, 0.15) is 48.8 Å². The number of amides is 1. The summed E-state index contributed by atoms with van der Waals surface area (Å²) in [5.41, 5.74) is 7.89. The van der Waals surface area contributed by atoms with E-state index in [0.717, 1.165) is 42.6 Å². The highest BCUT2D eigenvalue weighted by atomic mass is 16.1. The molecule has 1 unspecified atom stereocenters. The van der Waals surface area contributed by atoms with Gasteiger partial charge < -0.3 is 10.6 Å². The van der Waals surface area contributed by atoms with E-state index in [1.54, 1.807) is 0 Å². The highest BCUT2D eigenvalue weighted by molar-refractivity contribution is 6.07. The molecule has 3 aromatic carbocycles. The molecule has 1 aliphatic carbocycles. The molecule has 0 aromatic heterocycles. The Balaban J connectivity index is 1.22. The number of carbonyl (C=O) groups is 1. The Bertz CT molecular complexity index is 1130. The molecule has 1 aliphatic heterocycles. The molecule has 0 spiro atoms. The summed E-state index contributed by atoms with van der Waals surface area (Å²) in [6, 6.07) is 26.0. The zero-order valence-electron chi connectivity index (χ0n) is 19.1. The first kappa shape index (κ1) is 21.7. The van der Waals surface area contributed by atoms with Gasteiger partial charge in [-0.25, -0.2) is 0 Å². The van der Waals surface area contributed by atoms with Crippen molar-refractivity contribution in [2.75, 3.05) is 11.9 Å². The summed E-state index contributed by atoms with van der Waals surface area (Å²) in [5, 5.41) is 6.72. The van der Waals surface area contributed by atoms with Gasteiger partial charge in [-0.2, -0.15) is 0 Å². The molecule has 3 nitrogen and oxygen atoms in total. The molecule has 5 rings (SSSR count). The number of nitrogens with one attached hydrogen (secondary N) is 2. The molecular weight excluding hydrogens is 404 g/mol. The summed E-state index contributed by atoms with van der Waals surface area (Å²) in [6.45, 7) is 1.16. The third-order valence-corrected chi connectivity index (χ3v) is 6.94. The Morgan fingerprint density at radius 1 is 0.909 bits per heavy atom. The van der Waals surface area contributed by atoms with Crippen LogP contribution in [0.5, 0.6) is 0 Å². The van der Waals surface area contributed by atoms with Crippen LogP contribution in [0.25, 0.3) is 17.2 Å². The normalized spacial score (nSPS) is 17.7. The fraction of sp³-hybridized carbons (Fsp3) is 0.300. The average Bonchev–Trinajstić information content (AvgIpc) is 2.89. The van der Waals surface area contributed by atoms with Crippen molar-refractivity contribution in [2.45, 2.75) is 51.0 Å². The van der Waals surface area contributed by atoms with Crippen LogP contribution in [0.2, 0.25) is 0 Å². The summed E-state index contributed by atoms with van der Waals surface area (Å²) in [7, 11) is 0. The summed E-state index contributed by atoms with van der Waals surface area (Å²) < 4.78 is 0. The van der Waals surface area contributed by atoms with Gasteiger partial charge in [0.05, 0.1) is 0 Å². The summed E-state index contributed by atoms with van der Waals surface area (Å²) >= 11 is 0. The van der Waals surface area contributed by atoms with Crippen molar-refractivity contribution in [3.8, 4) is 11.1 Å². The van der Waals surface area contributed by atoms with Gasteiger partial charge in [0.25, 0.3) is 5.91 Å². The molecule has 0 radical (unpaired) electrons. The standard InChI is InChI=1S/C30H32N2O/c33-30(32-29-17-10-22(11-18-29)9-16-28-8-4-5-19-31-28)26-15-13-24-12-14-25(20-27(24)21-26)23-6-2-1-3-7-23/h1-3,6-7,10-12,14,17-18,20-21,28,31H,4-5,8-9,13,15-16,19H2,(H,32,33). The van der Waals surface area contributed by atoms with Gasteiger partial charge in [0, 0.05) is 17.3 Å². The summed E-state index contributed by atoms with van der Waals surface area (Å²) in [6.07, 6.45) is 9.94. The Morgan fingerprint density at radius 2 is 1.76 bits per heavy atom. The number of anilines is 1. The van der Waals surface area contributed by atoms with E-state index in [4.69, 9.17) is 0 Å². The number of benzene rings is 3. The molecule has 1 heterocycles. The topological polar surface area (TPSA) is 41.1 Å². The van der Waals surface area contributed by atoms with Gasteiger partial charge in [0.15, 0.2) is 0 Å². The predicted molar refractivity (Wildman–Crippen MR) is 137 cm³/mol. The minimum atomic E-state index is 0.00456. The highest BCUT2D eigenvalue weighted by Gasteiger charge is 2.17. The third kappa shape index (κ3) is 5.43. The molecule has 2 N–H and O–H groups in total. The lowest BCUT2D eigenvalue weighted by atomic mass is 9.89. The minimum absolute atomic E-state index is 0.00456. The third-order valence-electron chi connectivity index (χ3n) is 6.94. The maximum atomic E-state index is 13.0. The Kier molecular flexibility index (Phi) is 6.68. The van der Waals surface area contributed by atoms with E-state index >= 15 is 0 Å². The number of hydrogen-bond donors (Lipinski definition) is 2. The Morgan fingerprint density at radius 3 is 2.55 bits per heavy atom. The van der Waals surface area contributed by atoms with E-state index in [2.05, 4.69) is 71.3 Å². The van der Waals surface area contributed by atoms with E-state index in [1.807, 2.05) is 18.2 Å². The molecule has 1 saturated heterocycles. The number of carbonyl (C=O) groups excluding carboxylic acids is 1. The number of rotatable bonds is 6. The van der Waals surface area contributed by atoms with Crippen molar-refractivity contribution >= 4 is 17.7 Å². The van der Waals surface area contributed by atoms with Gasteiger partial charge in [-0.05, 0) is 97.2 Å². The smallest absolute Gasteiger partial charge is 0.251 e. The number of fused-ring (bicyclic) bond motifs is 1. The van der Waals surface area contributed by atoms with E-state index in [9.17, 15) is 4.79 Å². The second-order valence-corrected chi connectivity index (χ2v) is 9.29. The van der Waals surface area contributed by atoms with Crippen molar-refractivity contribution in [2.24, 2.45) is 0 Å². The minimum Gasteiger partial charge on any atom is -0.322 e. The predicted octanol–water partition coefficient (Wildman–Crippen LogP) is 6.40. The maximum Gasteiger partial charge on any atom is 0.251 e. The van der Waals surface area contributed by atoms with Crippen LogP contribution in [0.3, 0.4) is 0 Å². The Hall–Kier alpha value is -3.17. The van der Waals surface area contributed by atoms with E-state index in [1.165, 1.54) is 47.9 Å². The zero-order chi connectivity index (χ0) is 22.5. The first-order valence-corrected chi connectivity index (χ1v) is 12.3. The van der Waals surface area contributed by atoms with Gasteiger partial charge >= 0.3 is 0 Å². The van der Waals surface area contributed by atoms with Gasteiger partial charge in [-0.15, -0.1) is 0 Å². The zero-order valence-corrected chi connectivity index (χ0v) is 19.1. The molecule has 2 aliphatic rings. The van der Waals surface area contributed by atoms with E-state index in [-0.39, 0.29) is 5.91 Å². The van der Waals surface area contributed by atoms with Crippen molar-refractivity contribution in [3.63, 3.8) is 0 Å². The quantitative estimate of drug-likeness (QED) is 0.470. The van der Waals surface area contributed by atoms with Crippen molar-refractivity contribution in [1.29, 1.82) is 0 Å². The summed E-state index contributed by atoms with van der Waals surface area (Å²) in [4.78, 5) is 13.0. The molecular formula is C30H32N2O. The van der Waals surface area contributed by atoms with E-state index < -0.39 is 0 Å². The van der Waals surface area contributed by atoms with Crippen LogP contribution in [0.4, 0.5) is 5.69 Å². The Labute approximate surface area is 196 Å². The molecule has 1 atom stereocenters. The molecule has 3 heteroatoms.